The van der Waals surface area contributed by atoms with Crippen LogP contribution in [0, 0.1) is 0 Å². The molecule has 20 heavy (non-hydrogen) atoms. The van der Waals surface area contributed by atoms with Gasteiger partial charge in [0.2, 0.25) is 5.91 Å². The van der Waals surface area contributed by atoms with Crippen LogP contribution < -0.4 is 16.8 Å². The van der Waals surface area contributed by atoms with Gasteiger partial charge in [0.05, 0.1) is 0 Å². The van der Waals surface area contributed by atoms with Crippen LogP contribution in [0.1, 0.15) is 57.8 Å². The molecule has 0 unspecified atom stereocenters. The second-order valence-electron chi connectivity index (χ2n) is 5.05. The van der Waals surface area contributed by atoms with Gasteiger partial charge in [-0.25, -0.2) is 4.79 Å². The Morgan fingerprint density at radius 2 is 1.45 bits per heavy atom. The van der Waals surface area contributed by atoms with Crippen molar-refractivity contribution in [3.63, 3.8) is 0 Å². The maximum Gasteiger partial charge on any atom is 0.326 e. The first kappa shape index (κ1) is 18.9. The quantitative estimate of drug-likeness (QED) is 0.377. The molecule has 1 amide bonds. The number of carbonyl (C=O) groups is 2. The van der Waals surface area contributed by atoms with Gasteiger partial charge in [0, 0.05) is 6.42 Å². The first-order chi connectivity index (χ1) is 9.61. The summed E-state index contributed by atoms with van der Waals surface area (Å²) in [5, 5.41) is 11.6. The van der Waals surface area contributed by atoms with Crippen molar-refractivity contribution in [1.82, 2.24) is 5.32 Å². The Morgan fingerprint density at radius 1 is 0.900 bits per heavy atom. The normalized spacial score (nSPS) is 12.1. The van der Waals surface area contributed by atoms with Crippen LogP contribution in [0.25, 0.3) is 0 Å². The highest BCUT2D eigenvalue weighted by atomic mass is 16.4. The van der Waals surface area contributed by atoms with Gasteiger partial charge in [0.1, 0.15) is 6.04 Å². The van der Waals surface area contributed by atoms with Crippen molar-refractivity contribution in [3.05, 3.63) is 0 Å². The molecule has 6 heteroatoms. The maximum atomic E-state index is 11.7. The lowest BCUT2D eigenvalue weighted by Gasteiger charge is -2.14. The van der Waals surface area contributed by atoms with Crippen molar-refractivity contribution in [2.75, 3.05) is 13.1 Å². The van der Waals surface area contributed by atoms with Gasteiger partial charge >= 0.3 is 5.97 Å². The van der Waals surface area contributed by atoms with E-state index in [1.165, 1.54) is 0 Å². The Kier molecular flexibility index (Phi) is 12.1. The number of nitrogens with two attached hydrogens (primary N) is 2. The zero-order chi connectivity index (χ0) is 15.2. The molecule has 118 valence electrons. The number of carboxylic acids is 1. The Morgan fingerprint density at radius 3 is 2.05 bits per heavy atom. The molecule has 0 bridgehead atoms. The summed E-state index contributed by atoms with van der Waals surface area (Å²) >= 11 is 0. The fourth-order valence-electron chi connectivity index (χ4n) is 1.98. The van der Waals surface area contributed by atoms with Gasteiger partial charge in [0.15, 0.2) is 0 Å². The second kappa shape index (κ2) is 12.9. The molecule has 0 saturated carbocycles. The van der Waals surface area contributed by atoms with Crippen molar-refractivity contribution in [2.24, 2.45) is 11.5 Å². The van der Waals surface area contributed by atoms with Crippen molar-refractivity contribution < 1.29 is 14.7 Å². The molecule has 0 aliphatic heterocycles. The monoisotopic (exact) mass is 287 g/mol. The van der Waals surface area contributed by atoms with Crippen LogP contribution in [0.5, 0.6) is 0 Å². The predicted octanol–water partition coefficient (Wildman–Crippen LogP) is 0.984. The summed E-state index contributed by atoms with van der Waals surface area (Å²) in [5.74, 6) is -1.15. The van der Waals surface area contributed by atoms with Crippen molar-refractivity contribution in [2.45, 2.75) is 63.8 Å². The number of unbranched alkanes of at least 4 members (excludes halogenated alkanes) is 5. The molecule has 0 aromatic heterocycles. The molecule has 6 N–H and O–H groups in total. The Hall–Kier alpha value is -1.14. The average Bonchev–Trinajstić information content (AvgIpc) is 2.41. The lowest BCUT2D eigenvalue weighted by atomic mass is 10.1. The third-order valence-electron chi connectivity index (χ3n) is 3.19. The molecule has 0 aliphatic rings. The molecule has 0 aromatic rings. The van der Waals surface area contributed by atoms with Gasteiger partial charge in [-0.3, -0.25) is 4.79 Å². The fraction of sp³-hybridized carbons (Fsp3) is 0.857. The molecule has 6 nitrogen and oxygen atoms in total. The smallest absolute Gasteiger partial charge is 0.326 e. The third-order valence-corrected chi connectivity index (χ3v) is 3.19. The number of rotatable bonds is 13. The van der Waals surface area contributed by atoms with Crippen molar-refractivity contribution in [1.29, 1.82) is 0 Å². The Labute approximate surface area is 121 Å². The van der Waals surface area contributed by atoms with Crippen LogP contribution in [-0.4, -0.2) is 36.1 Å². The molecule has 0 fully saturated rings. The maximum absolute atomic E-state index is 11.7. The second-order valence-corrected chi connectivity index (χ2v) is 5.05. The van der Waals surface area contributed by atoms with E-state index < -0.39 is 12.0 Å². The molecule has 0 aliphatic carbocycles. The van der Waals surface area contributed by atoms with Crippen LogP contribution in [0.3, 0.4) is 0 Å². The first-order valence-electron chi connectivity index (χ1n) is 7.54. The minimum Gasteiger partial charge on any atom is -0.480 e. The molecule has 0 aromatic carbocycles. The molecule has 0 spiro atoms. The van der Waals surface area contributed by atoms with E-state index in [2.05, 4.69) is 5.32 Å². The van der Waals surface area contributed by atoms with Crippen molar-refractivity contribution in [3.8, 4) is 0 Å². The number of hydrogen-bond acceptors (Lipinski definition) is 4. The minimum atomic E-state index is -0.974. The van der Waals surface area contributed by atoms with Crippen LogP contribution >= 0.6 is 0 Å². The predicted molar refractivity (Wildman–Crippen MR) is 79.2 cm³/mol. The molecule has 0 rings (SSSR count). The van der Waals surface area contributed by atoms with Gasteiger partial charge in [-0.2, -0.15) is 0 Å². The van der Waals surface area contributed by atoms with Crippen LogP contribution in [-0.2, 0) is 9.59 Å². The van der Waals surface area contributed by atoms with Gasteiger partial charge in [-0.15, -0.1) is 0 Å². The van der Waals surface area contributed by atoms with E-state index in [0.29, 0.717) is 32.4 Å². The minimum absolute atomic E-state index is 0.177. The van der Waals surface area contributed by atoms with E-state index in [0.717, 1.165) is 38.5 Å². The van der Waals surface area contributed by atoms with E-state index in [9.17, 15) is 9.59 Å². The molecular weight excluding hydrogens is 258 g/mol. The highest BCUT2D eigenvalue weighted by Gasteiger charge is 2.18. The topological polar surface area (TPSA) is 118 Å². The Balaban J connectivity index is 3.75. The number of carbonyl (C=O) groups excluding carboxylic acids is 1. The zero-order valence-electron chi connectivity index (χ0n) is 12.3. The highest BCUT2D eigenvalue weighted by molar-refractivity contribution is 5.83. The summed E-state index contributed by atoms with van der Waals surface area (Å²) in [5.41, 5.74) is 10.8. The highest BCUT2D eigenvalue weighted by Crippen LogP contribution is 2.06. The van der Waals surface area contributed by atoms with E-state index in [-0.39, 0.29) is 5.91 Å². The first-order valence-corrected chi connectivity index (χ1v) is 7.54. The summed E-state index contributed by atoms with van der Waals surface area (Å²) in [4.78, 5) is 22.7. The van der Waals surface area contributed by atoms with E-state index in [1.54, 1.807) is 0 Å². The number of amides is 1. The largest absolute Gasteiger partial charge is 0.480 e. The number of aliphatic carboxylic acids is 1. The lowest BCUT2D eigenvalue weighted by molar-refractivity contribution is -0.142. The average molecular weight is 287 g/mol. The van der Waals surface area contributed by atoms with Crippen molar-refractivity contribution >= 4 is 11.9 Å². The standard InChI is InChI=1S/C14H29N3O3/c15-10-6-3-1-2-4-9-13(18)17-12(14(19)20)8-5-7-11-16/h12H,1-11,15-16H2,(H,17,18)(H,19,20)/t12-/m0/s1. The van der Waals surface area contributed by atoms with Gasteiger partial charge in [-0.05, 0) is 45.2 Å². The summed E-state index contributed by atoms with van der Waals surface area (Å²) < 4.78 is 0. The summed E-state index contributed by atoms with van der Waals surface area (Å²) in [6.07, 6.45) is 7.29. The molecule has 0 saturated heterocycles. The fourth-order valence-corrected chi connectivity index (χ4v) is 1.98. The summed E-state index contributed by atoms with van der Waals surface area (Å²) in [7, 11) is 0. The third kappa shape index (κ3) is 10.8. The Bertz CT molecular complexity index is 272. The van der Waals surface area contributed by atoms with E-state index >= 15 is 0 Å². The summed E-state index contributed by atoms with van der Waals surface area (Å²) in [6.45, 7) is 1.26. The number of nitrogens with one attached hydrogen (secondary N) is 1. The molecule has 0 heterocycles. The zero-order valence-corrected chi connectivity index (χ0v) is 12.3. The summed E-state index contributed by atoms with van der Waals surface area (Å²) in [6, 6.07) is -0.786. The molecule has 0 radical (unpaired) electrons. The van der Waals surface area contributed by atoms with E-state index in [1.807, 2.05) is 0 Å². The van der Waals surface area contributed by atoms with Crippen LogP contribution in [0.2, 0.25) is 0 Å². The van der Waals surface area contributed by atoms with Gasteiger partial charge in [0.25, 0.3) is 0 Å². The number of hydrogen-bond donors (Lipinski definition) is 4. The SMILES string of the molecule is NCCCCCCCC(=O)N[C@@H](CCCCN)C(=O)O. The van der Waals surface area contributed by atoms with E-state index in [4.69, 9.17) is 16.6 Å². The van der Waals surface area contributed by atoms with Gasteiger partial charge < -0.3 is 21.9 Å². The van der Waals surface area contributed by atoms with Crippen LogP contribution in [0.15, 0.2) is 0 Å². The number of carboxylic acid groups (broad SMARTS) is 1. The van der Waals surface area contributed by atoms with Gasteiger partial charge in [-0.1, -0.05) is 19.3 Å². The molecule has 1 atom stereocenters. The molecular formula is C14H29N3O3. The lowest BCUT2D eigenvalue weighted by Crippen LogP contribution is -2.40. The van der Waals surface area contributed by atoms with Crippen LogP contribution in [0.4, 0.5) is 0 Å².